The number of anilines is 1. The van der Waals surface area contributed by atoms with Gasteiger partial charge in [-0.1, -0.05) is 60.1 Å². The molecule has 3 nitrogen and oxygen atoms in total. The molecule has 0 amide bonds. The van der Waals surface area contributed by atoms with Crippen LogP contribution in [0.4, 0.5) is 5.82 Å². The molecule has 0 atom stereocenters. The van der Waals surface area contributed by atoms with Gasteiger partial charge in [0.25, 0.3) is 0 Å². The third-order valence-corrected chi connectivity index (χ3v) is 5.00. The summed E-state index contributed by atoms with van der Waals surface area (Å²) in [4.78, 5) is 6.59. The smallest absolute Gasteiger partial charge is 0.127 e. The van der Waals surface area contributed by atoms with E-state index in [0.717, 1.165) is 31.9 Å². The summed E-state index contributed by atoms with van der Waals surface area (Å²) in [5.74, 6) is 0.829. The Morgan fingerprint density at radius 2 is 1.96 bits per heavy atom. The first kappa shape index (κ1) is 17.6. The Balaban J connectivity index is 1.32. The van der Waals surface area contributed by atoms with E-state index in [1.54, 1.807) is 12.3 Å². The lowest BCUT2D eigenvalue weighted by Gasteiger charge is -2.23. The average Bonchev–Trinajstić information content (AvgIpc) is 2.71. The van der Waals surface area contributed by atoms with Gasteiger partial charge in [0, 0.05) is 30.9 Å². The predicted octanol–water partition coefficient (Wildman–Crippen LogP) is 5.60. The molecule has 0 spiro atoms. The van der Waals surface area contributed by atoms with Gasteiger partial charge in [-0.25, -0.2) is 4.98 Å². The molecular formula is C23H22ClN3. The van der Waals surface area contributed by atoms with Gasteiger partial charge in [0.05, 0.1) is 0 Å². The third kappa shape index (κ3) is 4.32. The van der Waals surface area contributed by atoms with Crippen LogP contribution >= 0.6 is 11.6 Å². The van der Waals surface area contributed by atoms with Crippen LogP contribution in [-0.2, 0) is 0 Å². The molecule has 0 saturated carbocycles. The molecule has 0 unspecified atom stereocenters. The number of halogens is 1. The fourth-order valence-corrected chi connectivity index (χ4v) is 3.53. The Morgan fingerprint density at radius 3 is 2.81 bits per heavy atom. The topological polar surface area (TPSA) is 28.2 Å². The number of hydrogen-bond donors (Lipinski definition) is 1. The minimum absolute atomic E-state index is 0.706. The Kier molecular flexibility index (Phi) is 5.40. The van der Waals surface area contributed by atoms with Crippen LogP contribution < -0.4 is 5.32 Å². The highest BCUT2D eigenvalue weighted by atomic mass is 35.5. The molecule has 0 bridgehead atoms. The second-order valence-corrected chi connectivity index (χ2v) is 7.07. The van der Waals surface area contributed by atoms with Crippen LogP contribution in [0.3, 0.4) is 0 Å². The highest BCUT2D eigenvalue weighted by Crippen LogP contribution is 2.27. The van der Waals surface area contributed by atoms with Gasteiger partial charge in [0.1, 0.15) is 5.82 Å². The minimum Gasteiger partial charge on any atom is -0.374 e. The Morgan fingerprint density at radius 1 is 1.07 bits per heavy atom. The molecule has 0 aliphatic carbocycles. The largest absolute Gasteiger partial charge is 0.374 e. The van der Waals surface area contributed by atoms with Crippen molar-refractivity contribution >= 4 is 33.8 Å². The molecule has 0 saturated heterocycles. The average molecular weight is 376 g/mol. The Bertz CT molecular complexity index is 988. The summed E-state index contributed by atoms with van der Waals surface area (Å²) < 4.78 is 0. The van der Waals surface area contributed by atoms with Crippen molar-refractivity contribution in [2.45, 2.75) is 6.42 Å². The molecule has 1 N–H and O–H groups in total. The van der Waals surface area contributed by atoms with E-state index in [9.17, 15) is 0 Å². The molecule has 1 aliphatic heterocycles. The first-order chi connectivity index (χ1) is 13.3. The molecule has 4 rings (SSSR count). The maximum absolute atomic E-state index is 5.98. The van der Waals surface area contributed by atoms with Crippen molar-refractivity contribution in [3.05, 3.63) is 89.7 Å². The molecule has 136 valence electrons. The van der Waals surface area contributed by atoms with Gasteiger partial charge in [-0.05, 0) is 52.7 Å². The van der Waals surface area contributed by atoms with Gasteiger partial charge in [0.2, 0.25) is 0 Å². The monoisotopic (exact) mass is 375 g/mol. The molecule has 0 fully saturated rings. The zero-order chi connectivity index (χ0) is 18.5. The maximum Gasteiger partial charge on any atom is 0.127 e. The molecule has 27 heavy (non-hydrogen) atoms. The second kappa shape index (κ2) is 8.28. The van der Waals surface area contributed by atoms with Crippen molar-refractivity contribution in [1.29, 1.82) is 0 Å². The number of allylic oxidation sites excluding steroid dienone is 2. The fraction of sp³-hybridized carbons (Fsp3) is 0.174. The van der Waals surface area contributed by atoms with Gasteiger partial charge >= 0.3 is 0 Å². The van der Waals surface area contributed by atoms with Crippen molar-refractivity contribution in [2.75, 3.05) is 25.0 Å². The summed E-state index contributed by atoms with van der Waals surface area (Å²) in [6.45, 7) is 2.81. The maximum atomic E-state index is 5.98. The zero-order valence-corrected chi connectivity index (χ0v) is 15.9. The highest BCUT2D eigenvalue weighted by molar-refractivity contribution is 6.30. The first-order valence-corrected chi connectivity index (χ1v) is 9.63. The number of rotatable bonds is 6. The molecule has 3 aromatic rings. The number of aromatic nitrogens is 1. The molecule has 1 aromatic heterocycles. The summed E-state index contributed by atoms with van der Waals surface area (Å²) >= 11 is 5.98. The number of benzene rings is 2. The second-order valence-electron chi connectivity index (χ2n) is 6.64. The summed E-state index contributed by atoms with van der Waals surface area (Å²) in [6, 6.07) is 18.7. The Labute approximate surface area is 165 Å². The normalized spacial score (nSPS) is 13.7. The molecule has 2 heterocycles. The van der Waals surface area contributed by atoms with E-state index in [1.807, 2.05) is 6.07 Å². The molecule has 1 aliphatic rings. The van der Waals surface area contributed by atoms with E-state index in [2.05, 4.69) is 76.0 Å². The summed E-state index contributed by atoms with van der Waals surface area (Å²) in [5, 5.41) is 6.62. The van der Waals surface area contributed by atoms with Crippen molar-refractivity contribution in [1.82, 2.24) is 9.88 Å². The van der Waals surface area contributed by atoms with Gasteiger partial charge in [-0.15, -0.1) is 0 Å². The first-order valence-electron chi connectivity index (χ1n) is 9.25. The molecule has 4 heteroatoms. The number of nitrogens with one attached hydrogen (secondary N) is 1. The summed E-state index contributed by atoms with van der Waals surface area (Å²) in [5.41, 5.74) is 2.60. The van der Waals surface area contributed by atoms with Crippen molar-refractivity contribution in [2.24, 2.45) is 0 Å². The quantitative estimate of drug-likeness (QED) is 0.568. The van der Waals surface area contributed by atoms with Crippen LogP contribution in [0, 0.1) is 0 Å². The lowest BCUT2D eigenvalue weighted by molar-refractivity contribution is 0.409. The van der Waals surface area contributed by atoms with E-state index in [0.29, 0.717) is 5.02 Å². The third-order valence-electron chi connectivity index (χ3n) is 4.76. The molecule has 0 radical (unpaired) electrons. The van der Waals surface area contributed by atoms with Crippen LogP contribution in [0.25, 0.3) is 16.3 Å². The van der Waals surface area contributed by atoms with E-state index in [-0.39, 0.29) is 0 Å². The minimum atomic E-state index is 0.706. The van der Waals surface area contributed by atoms with Crippen molar-refractivity contribution < 1.29 is 0 Å². The van der Waals surface area contributed by atoms with Gasteiger partial charge < -0.3 is 10.2 Å². The van der Waals surface area contributed by atoms with Crippen molar-refractivity contribution in [3.8, 4) is 0 Å². The van der Waals surface area contributed by atoms with Crippen LogP contribution in [0.5, 0.6) is 0 Å². The highest BCUT2D eigenvalue weighted by Gasteiger charge is 2.09. The molecular weight excluding hydrogens is 354 g/mol. The van der Waals surface area contributed by atoms with Crippen LogP contribution in [0.1, 0.15) is 12.0 Å². The zero-order valence-electron chi connectivity index (χ0n) is 15.1. The van der Waals surface area contributed by atoms with Crippen molar-refractivity contribution in [3.63, 3.8) is 0 Å². The lowest BCUT2D eigenvalue weighted by Crippen LogP contribution is -2.22. The predicted molar refractivity (Wildman–Crippen MR) is 115 cm³/mol. The number of pyridine rings is 1. The van der Waals surface area contributed by atoms with E-state index in [4.69, 9.17) is 11.6 Å². The van der Waals surface area contributed by atoms with E-state index < -0.39 is 0 Å². The number of fused-ring (bicyclic) bond motifs is 1. The molecule has 2 aromatic carbocycles. The van der Waals surface area contributed by atoms with E-state index in [1.165, 1.54) is 21.9 Å². The fourth-order valence-electron chi connectivity index (χ4n) is 3.37. The van der Waals surface area contributed by atoms with Crippen LogP contribution in [-0.4, -0.2) is 29.5 Å². The van der Waals surface area contributed by atoms with Crippen LogP contribution in [0.15, 0.2) is 79.1 Å². The van der Waals surface area contributed by atoms with Gasteiger partial charge in [-0.2, -0.15) is 0 Å². The van der Waals surface area contributed by atoms with Crippen LogP contribution in [0.2, 0.25) is 5.02 Å². The lowest BCUT2D eigenvalue weighted by atomic mass is 9.97. The van der Waals surface area contributed by atoms with Gasteiger partial charge in [-0.3, -0.25) is 0 Å². The Hall–Kier alpha value is -2.78. The van der Waals surface area contributed by atoms with Gasteiger partial charge in [0.15, 0.2) is 0 Å². The number of nitrogens with zero attached hydrogens (tertiary/aromatic N) is 2. The number of hydrogen-bond acceptors (Lipinski definition) is 3. The summed E-state index contributed by atoms with van der Waals surface area (Å²) in [6.07, 6.45) is 9.49. The summed E-state index contributed by atoms with van der Waals surface area (Å²) in [7, 11) is 0. The standard InChI is InChI=1S/C23H22ClN3/c24-20-9-13-26-23(17-20)25-12-4-14-27-15-10-19(11-16-27)22-8-3-6-18-5-1-2-7-21(18)22/h1-3,5-11,13,15,17H,4,12,14,16H2,(H,25,26). The SMILES string of the molecule is Clc1ccnc(NCCCN2C=CC(c3cccc4ccccc34)=CC2)c1. The van der Waals surface area contributed by atoms with E-state index >= 15 is 0 Å².